The summed E-state index contributed by atoms with van der Waals surface area (Å²) in [5, 5.41) is 8.94. The van der Waals surface area contributed by atoms with Crippen LogP contribution in [0.2, 0.25) is 0 Å². The lowest BCUT2D eigenvalue weighted by Crippen LogP contribution is -2.32. The maximum absolute atomic E-state index is 12.7. The Morgan fingerprint density at radius 2 is 2.00 bits per heavy atom. The molecule has 0 bridgehead atoms. The lowest BCUT2D eigenvalue weighted by molar-refractivity contribution is -0.116. The van der Waals surface area contributed by atoms with Crippen LogP contribution in [0.15, 0.2) is 52.4 Å². The number of aromatic amines is 1. The van der Waals surface area contributed by atoms with Gasteiger partial charge in [0.15, 0.2) is 5.16 Å². The fourth-order valence-corrected chi connectivity index (χ4v) is 3.39. The van der Waals surface area contributed by atoms with Crippen molar-refractivity contribution in [3.05, 3.63) is 52.9 Å². The van der Waals surface area contributed by atoms with E-state index in [0.29, 0.717) is 11.7 Å². The van der Waals surface area contributed by atoms with E-state index in [0.717, 1.165) is 16.5 Å². The van der Waals surface area contributed by atoms with Gasteiger partial charge in [-0.05, 0) is 18.4 Å². The van der Waals surface area contributed by atoms with Gasteiger partial charge >= 0.3 is 5.69 Å². The van der Waals surface area contributed by atoms with Gasteiger partial charge in [0.05, 0.1) is 11.4 Å². The van der Waals surface area contributed by atoms with Crippen molar-refractivity contribution in [1.82, 2.24) is 14.8 Å². The standard InChI is InChI=1S/C17H18N4O2S/c1-3-21(14-10-6-8-12-7-4-5-9-13(12)14)15(22)11-24-17-19-18-16(23)20(17)2/h4-10H,3,11H2,1-2H3,(H,18,23). The summed E-state index contributed by atoms with van der Waals surface area (Å²) in [7, 11) is 1.63. The van der Waals surface area contributed by atoms with E-state index < -0.39 is 0 Å². The van der Waals surface area contributed by atoms with Crippen LogP contribution in [0, 0.1) is 0 Å². The van der Waals surface area contributed by atoms with Crippen LogP contribution in [0.3, 0.4) is 0 Å². The predicted molar refractivity (Wildman–Crippen MR) is 96.5 cm³/mol. The zero-order valence-corrected chi connectivity index (χ0v) is 14.3. The highest BCUT2D eigenvalue weighted by molar-refractivity contribution is 7.99. The van der Waals surface area contributed by atoms with E-state index in [-0.39, 0.29) is 17.3 Å². The van der Waals surface area contributed by atoms with Crippen LogP contribution in [0.1, 0.15) is 6.92 Å². The molecule has 0 saturated heterocycles. The Kier molecular flexibility index (Phi) is 4.71. The SMILES string of the molecule is CCN(C(=O)CSc1n[nH]c(=O)n1C)c1cccc2ccccc12. The summed E-state index contributed by atoms with van der Waals surface area (Å²) in [4.78, 5) is 25.8. The van der Waals surface area contributed by atoms with Crippen molar-refractivity contribution >= 4 is 34.1 Å². The fourth-order valence-electron chi connectivity index (χ4n) is 2.59. The zero-order chi connectivity index (χ0) is 17.1. The number of carbonyl (C=O) groups is 1. The summed E-state index contributed by atoms with van der Waals surface area (Å²) >= 11 is 1.25. The number of hydrogen-bond donors (Lipinski definition) is 1. The van der Waals surface area contributed by atoms with Crippen LogP contribution in [0.25, 0.3) is 10.8 Å². The highest BCUT2D eigenvalue weighted by Gasteiger charge is 2.17. The number of hydrogen-bond acceptors (Lipinski definition) is 4. The molecule has 0 fully saturated rings. The van der Waals surface area contributed by atoms with Crippen LogP contribution in [0.4, 0.5) is 5.69 Å². The first-order valence-corrected chi connectivity index (χ1v) is 8.62. The molecule has 0 atom stereocenters. The van der Waals surface area contributed by atoms with Gasteiger partial charge in [0.25, 0.3) is 0 Å². The molecule has 2 aromatic carbocycles. The smallest absolute Gasteiger partial charge is 0.311 e. The second-order valence-corrected chi connectivity index (χ2v) is 6.24. The number of H-pyrrole nitrogens is 1. The number of nitrogens with one attached hydrogen (secondary N) is 1. The summed E-state index contributed by atoms with van der Waals surface area (Å²) in [5.74, 6) is 0.198. The minimum absolute atomic E-state index is 0.0192. The van der Waals surface area contributed by atoms with Crippen molar-refractivity contribution in [2.75, 3.05) is 17.2 Å². The summed E-state index contributed by atoms with van der Waals surface area (Å²) in [6.45, 7) is 2.53. The minimum Gasteiger partial charge on any atom is -0.311 e. The third kappa shape index (κ3) is 3.07. The number of thioether (sulfide) groups is 1. The number of carbonyl (C=O) groups excluding carboxylic acids is 1. The highest BCUT2D eigenvalue weighted by Crippen LogP contribution is 2.27. The second kappa shape index (κ2) is 6.92. The minimum atomic E-state index is -0.286. The Balaban J connectivity index is 1.83. The normalized spacial score (nSPS) is 10.9. The largest absolute Gasteiger partial charge is 0.343 e. The first-order valence-electron chi connectivity index (χ1n) is 7.64. The van der Waals surface area contributed by atoms with Crippen molar-refractivity contribution in [2.24, 2.45) is 7.05 Å². The van der Waals surface area contributed by atoms with Crippen molar-refractivity contribution in [3.63, 3.8) is 0 Å². The van der Waals surface area contributed by atoms with Gasteiger partial charge in [-0.3, -0.25) is 9.36 Å². The van der Waals surface area contributed by atoms with Crippen LogP contribution < -0.4 is 10.6 Å². The van der Waals surface area contributed by atoms with Crippen LogP contribution in [-0.2, 0) is 11.8 Å². The molecule has 0 spiro atoms. The Bertz CT molecular complexity index is 926. The molecule has 124 valence electrons. The quantitative estimate of drug-likeness (QED) is 0.723. The molecule has 0 unspecified atom stereocenters. The van der Waals surface area contributed by atoms with Gasteiger partial charge in [-0.15, -0.1) is 5.10 Å². The number of rotatable bonds is 5. The molecule has 3 aromatic rings. The number of fused-ring (bicyclic) bond motifs is 1. The Morgan fingerprint density at radius 3 is 2.71 bits per heavy atom. The van der Waals surface area contributed by atoms with Crippen LogP contribution in [-0.4, -0.2) is 33.0 Å². The van der Waals surface area contributed by atoms with Gasteiger partial charge in [0.1, 0.15) is 0 Å². The van der Waals surface area contributed by atoms with Crippen LogP contribution in [0.5, 0.6) is 0 Å². The summed E-state index contributed by atoms with van der Waals surface area (Å²) in [5.41, 5.74) is 0.614. The molecule has 0 aliphatic rings. The monoisotopic (exact) mass is 342 g/mol. The number of benzene rings is 2. The molecule has 0 aliphatic carbocycles. The zero-order valence-electron chi connectivity index (χ0n) is 13.5. The number of nitrogens with zero attached hydrogens (tertiary/aromatic N) is 3. The maximum atomic E-state index is 12.7. The molecular weight excluding hydrogens is 324 g/mol. The molecule has 1 heterocycles. The first-order chi connectivity index (χ1) is 11.6. The van der Waals surface area contributed by atoms with Gasteiger partial charge < -0.3 is 4.90 Å². The lowest BCUT2D eigenvalue weighted by Gasteiger charge is -2.22. The molecule has 6 nitrogen and oxygen atoms in total. The summed E-state index contributed by atoms with van der Waals surface area (Å²) < 4.78 is 1.39. The van der Waals surface area contributed by atoms with Gasteiger partial charge in [0, 0.05) is 19.0 Å². The average molecular weight is 342 g/mol. The average Bonchev–Trinajstić information content (AvgIpc) is 2.92. The third-order valence-electron chi connectivity index (χ3n) is 3.84. The molecule has 0 radical (unpaired) electrons. The Morgan fingerprint density at radius 1 is 1.25 bits per heavy atom. The molecule has 1 N–H and O–H groups in total. The third-order valence-corrected chi connectivity index (χ3v) is 4.85. The highest BCUT2D eigenvalue weighted by atomic mass is 32.2. The van der Waals surface area contributed by atoms with E-state index in [1.807, 2.05) is 49.4 Å². The lowest BCUT2D eigenvalue weighted by atomic mass is 10.1. The molecule has 0 aliphatic heterocycles. The van der Waals surface area contributed by atoms with Crippen molar-refractivity contribution in [1.29, 1.82) is 0 Å². The second-order valence-electron chi connectivity index (χ2n) is 5.30. The van der Waals surface area contributed by atoms with E-state index in [1.54, 1.807) is 11.9 Å². The molecule has 1 aromatic heterocycles. The molecule has 1 amide bonds. The summed E-state index contributed by atoms with van der Waals surface area (Å²) in [6.07, 6.45) is 0. The van der Waals surface area contributed by atoms with Crippen molar-refractivity contribution in [2.45, 2.75) is 12.1 Å². The Hall–Kier alpha value is -2.54. The Labute approximate surface area is 143 Å². The summed E-state index contributed by atoms with van der Waals surface area (Å²) in [6, 6.07) is 14.0. The molecule has 0 saturated carbocycles. The van der Waals surface area contributed by atoms with Crippen molar-refractivity contribution in [3.8, 4) is 0 Å². The van der Waals surface area contributed by atoms with Gasteiger partial charge in [-0.2, -0.15) is 0 Å². The maximum Gasteiger partial charge on any atom is 0.343 e. The molecule has 7 heteroatoms. The van der Waals surface area contributed by atoms with E-state index in [2.05, 4.69) is 10.2 Å². The fraction of sp³-hybridized carbons (Fsp3) is 0.235. The van der Waals surface area contributed by atoms with E-state index in [4.69, 9.17) is 0 Å². The van der Waals surface area contributed by atoms with Crippen molar-refractivity contribution < 1.29 is 4.79 Å². The molecule has 24 heavy (non-hydrogen) atoms. The van der Waals surface area contributed by atoms with E-state index in [1.165, 1.54) is 16.3 Å². The van der Waals surface area contributed by atoms with E-state index in [9.17, 15) is 9.59 Å². The molecular formula is C17H18N4O2S. The van der Waals surface area contributed by atoms with Gasteiger partial charge in [0.2, 0.25) is 5.91 Å². The predicted octanol–water partition coefficient (Wildman–Crippen LogP) is 2.41. The first kappa shape index (κ1) is 16.3. The number of amides is 1. The van der Waals surface area contributed by atoms with E-state index >= 15 is 0 Å². The number of anilines is 1. The van der Waals surface area contributed by atoms with Gasteiger partial charge in [-0.1, -0.05) is 48.2 Å². The molecule has 3 rings (SSSR count). The number of aromatic nitrogens is 3. The topological polar surface area (TPSA) is 71.0 Å². The van der Waals surface area contributed by atoms with Crippen LogP contribution >= 0.6 is 11.8 Å². The van der Waals surface area contributed by atoms with Gasteiger partial charge in [-0.25, -0.2) is 9.89 Å².